The number of likely N-dealkylation sites (tertiary alicyclic amines) is 1. The highest BCUT2D eigenvalue weighted by molar-refractivity contribution is 4.81. The van der Waals surface area contributed by atoms with Gasteiger partial charge in [-0.3, -0.25) is 4.90 Å². The number of rotatable bonds is 4. The van der Waals surface area contributed by atoms with Crippen LogP contribution < -0.4 is 0 Å². The Morgan fingerprint density at radius 3 is 2.56 bits per heavy atom. The van der Waals surface area contributed by atoms with E-state index in [0.717, 1.165) is 25.3 Å². The minimum atomic E-state index is 0.910. The van der Waals surface area contributed by atoms with Crippen molar-refractivity contribution in [3.8, 4) is 0 Å². The van der Waals surface area contributed by atoms with Gasteiger partial charge in [-0.05, 0) is 42.8 Å². The summed E-state index contributed by atoms with van der Waals surface area (Å²) in [5, 5.41) is 11.9. The highest BCUT2D eigenvalue weighted by Gasteiger charge is 2.13. The number of aromatic nitrogens is 4. The van der Waals surface area contributed by atoms with E-state index in [4.69, 9.17) is 0 Å². The first-order valence-corrected chi connectivity index (χ1v) is 6.37. The van der Waals surface area contributed by atoms with Gasteiger partial charge in [-0.2, -0.15) is 0 Å². The van der Waals surface area contributed by atoms with Crippen LogP contribution in [-0.4, -0.2) is 38.2 Å². The third kappa shape index (κ3) is 3.01. The molecule has 0 saturated carbocycles. The fraction of sp³-hybridized carbons (Fsp3) is 0.909. The van der Waals surface area contributed by atoms with Crippen LogP contribution in [0.25, 0.3) is 0 Å². The number of tetrazole rings is 1. The molecule has 0 amide bonds. The van der Waals surface area contributed by atoms with E-state index in [1.54, 1.807) is 0 Å². The van der Waals surface area contributed by atoms with Gasteiger partial charge in [0.25, 0.3) is 0 Å². The van der Waals surface area contributed by atoms with Crippen molar-refractivity contribution in [2.75, 3.05) is 13.1 Å². The normalized spacial score (nSPS) is 18.6. The Kier molecular flexibility index (Phi) is 4.27. The molecule has 0 aliphatic carbocycles. The summed E-state index contributed by atoms with van der Waals surface area (Å²) in [6.07, 6.45) is 6.45. The molecule has 0 atom stereocenters. The van der Waals surface area contributed by atoms with Crippen LogP contribution in [0.5, 0.6) is 0 Å². The van der Waals surface area contributed by atoms with Gasteiger partial charge in [-0.15, -0.1) is 5.10 Å². The fourth-order valence-corrected chi connectivity index (χ4v) is 2.22. The summed E-state index contributed by atoms with van der Waals surface area (Å²) in [5.41, 5.74) is 0. The number of hydrogen-bond acceptors (Lipinski definition) is 4. The van der Waals surface area contributed by atoms with Crippen molar-refractivity contribution in [1.82, 2.24) is 25.1 Å². The van der Waals surface area contributed by atoms with Crippen LogP contribution in [0, 0.1) is 0 Å². The second kappa shape index (κ2) is 5.94. The Morgan fingerprint density at radius 2 is 1.88 bits per heavy atom. The van der Waals surface area contributed by atoms with Crippen molar-refractivity contribution >= 4 is 0 Å². The molecule has 2 rings (SSSR count). The second-order valence-electron chi connectivity index (χ2n) is 4.51. The fourth-order valence-electron chi connectivity index (χ4n) is 2.22. The van der Waals surface area contributed by atoms with Crippen molar-refractivity contribution in [2.45, 2.75) is 52.1 Å². The third-order valence-corrected chi connectivity index (χ3v) is 3.11. The first kappa shape index (κ1) is 11.5. The molecule has 1 aliphatic heterocycles. The van der Waals surface area contributed by atoms with Crippen LogP contribution in [0.15, 0.2) is 0 Å². The smallest absolute Gasteiger partial charge is 0.165 e. The Balaban J connectivity index is 1.93. The molecule has 1 aromatic rings. The number of hydrogen-bond donors (Lipinski definition) is 0. The summed E-state index contributed by atoms with van der Waals surface area (Å²) in [7, 11) is 0. The van der Waals surface area contributed by atoms with Crippen LogP contribution in [-0.2, 0) is 13.1 Å². The lowest BCUT2D eigenvalue weighted by Crippen LogP contribution is -2.26. The first-order chi connectivity index (χ1) is 7.90. The Hall–Kier alpha value is -0.970. The highest BCUT2D eigenvalue weighted by atomic mass is 15.5. The molecule has 1 fully saturated rings. The molecule has 1 aromatic heterocycles. The molecule has 2 heterocycles. The van der Waals surface area contributed by atoms with Gasteiger partial charge in [0.15, 0.2) is 5.82 Å². The SMILES string of the molecule is CCCn1nnnc1CN1CCCCCC1. The quantitative estimate of drug-likeness (QED) is 0.775. The summed E-state index contributed by atoms with van der Waals surface area (Å²) in [6, 6.07) is 0. The Bertz CT molecular complexity index is 301. The van der Waals surface area contributed by atoms with Gasteiger partial charge in [-0.25, -0.2) is 4.68 Å². The number of nitrogens with zero attached hydrogens (tertiary/aromatic N) is 5. The van der Waals surface area contributed by atoms with Crippen LogP contribution in [0.4, 0.5) is 0 Å². The minimum absolute atomic E-state index is 0.910. The summed E-state index contributed by atoms with van der Waals surface area (Å²) in [6.45, 7) is 6.37. The van der Waals surface area contributed by atoms with Gasteiger partial charge in [0.1, 0.15) is 0 Å². The van der Waals surface area contributed by atoms with E-state index in [2.05, 4.69) is 27.3 Å². The van der Waals surface area contributed by atoms with E-state index in [9.17, 15) is 0 Å². The molecule has 0 spiro atoms. The first-order valence-electron chi connectivity index (χ1n) is 6.37. The average molecular weight is 223 g/mol. The molecule has 16 heavy (non-hydrogen) atoms. The van der Waals surface area contributed by atoms with Gasteiger partial charge >= 0.3 is 0 Å². The maximum absolute atomic E-state index is 4.12. The van der Waals surface area contributed by atoms with Gasteiger partial charge in [-0.1, -0.05) is 19.8 Å². The zero-order chi connectivity index (χ0) is 11.2. The molecule has 0 unspecified atom stereocenters. The van der Waals surface area contributed by atoms with Crippen molar-refractivity contribution < 1.29 is 0 Å². The van der Waals surface area contributed by atoms with E-state index in [0.29, 0.717) is 0 Å². The summed E-state index contributed by atoms with van der Waals surface area (Å²) >= 11 is 0. The van der Waals surface area contributed by atoms with E-state index >= 15 is 0 Å². The molecule has 0 aromatic carbocycles. The summed E-state index contributed by atoms with van der Waals surface area (Å²) < 4.78 is 1.94. The van der Waals surface area contributed by atoms with Crippen molar-refractivity contribution in [1.29, 1.82) is 0 Å². The highest BCUT2D eigenvalue weighted by Crippen LogP contribution is 2.11. The lowest BCUT2D eigenvalue weighted by molar-refractivity contribution is 0.264. The Morgan fingerprint density at radius 1 is 1.12 bits per heavy atom. The van der Waals surface area contributed by atoms with Crippen LogP contribution in [0.2, 0.25) is 0 Å². The lowest BCUT2D eigenvalue weighted by atomic mass is 10.2. The van der Waals surface area contributed by atoms with Crippen LogP contribution in [0.1, 0.15) is 44.9 Å². The third-order valence-electron chi connectivity index (χ3n) is 3.11. The molecular formula is C11H21N5. The molecular weight excluding hydrogens is 202 g/mol. The summed E-state index contributed by atoms with van der Waals surface area (Å²) in [4.78, 5) is 2.48. The topological polar surface area (TPSA) is 46.8 Å². The lowest BCUT2D eigenvalue weighted by Gasteiger charge is -2.18. The molecule has 0 N–H and O–H groups in total. The van der Waals surface area contributed by atoms with Gasteiger partial charge in [0, 0.05) is 6.54 Å². The molecule has 5 heteroatoms. The zero-order valence-electron chi connectivity index (χ0n) is 10.1. The maximum atomic E-state index is 4.12. The average Bonchev–Trinajstić information content (AvgIpc) is 2.56. The molecule has 5 nitrogen and oxygen atoms in total. The molecule has 0 bridgehead atoms. The van der Waals surface area contributed by atoms with Crippen molar-refractivity contribution in [3.63, 3.8) is 0 Å². The second-order valence-corrected chi connectivity index (χ2v) is 4.51. The standard InChI is InChI=1S/C11H21N5/c1-2-7-16-11(12-13-14-16)10-15-8-5-3-4-6-9-15/h2-10H2,1H3. The predicted octanol–water partition coefficient (Wildman–Crippen LogP) is 1.46. The molecule has 1 saturated heterocycles. The van der Waals surface area contributed by atoms with Crippen molar-refractivity contribution in [3.05, 3.63) is 5.82 Å². The van der Waals surface area contributed by atoms with Crippen LogP contribution in [0.3, 0.4) is 0 Å². The predicted molar refractivity (Wildman–Crippen MR) is 61.9 cm³/mol. The van der Waals surface area contributed by atoms with Gasteiger partial charge in [0.05, 0.1) is 6.54 Å². The Labute approximate surface area is 96.8 Å². The van der Waals surface area contributed by atoms with Crippen LogP contribution >= 0.6 is 0 Å². The largest absolute Gasteiger partial charge is 0.296 e. The molecule has 1 aliphatic rings. The minimum Gasteiger partial charge on any atom is -0.296 e. The van der Waals surface area contributed by atoms with E-state index in [1.165, 1.54) is 38.8 Å². The zero-order valence-corrected chi connectivity index (χ0v) is 10.1. The number of aryl methyl sites for hydroxylation is 1. The van der Waals surface area contributed by atoms with Gasteiger partial charge in [0.2, 0.25) is 0 Å². The van der Waals surface area contributed by atoms with E-state index in [-0.39, 0.29) is 0 Å². The van der Waals surface area contributed by atoms with E-state index < -0.39 is 0 Å². The van der Waals surface area contributed by atoms with Gasteiger partial charge < -0.3 is 0 Å². The molecule has 90 valence electrons. The summed E-state index contributed by atoms with van der Waals surface area (Å²) in [5.74, 6) is 1.02. The molecule has 0 radical (unpaired) electrons. The van der Waals surface area contributed by atoms with E-state index in [1.807, 2.05) is 4.68 Å². The maximum Gasteiger partial charge on any atom is 0.165 e. The van der Waals surface area contributed by atoms with Crippen molar-refractivity contribution in [2.24, 2.45) is 0 Å². The monoisotopic (exact) mass is 223 g/mol.